The number of benzene rings is 9. The first kappa shape index (κ1) is 33.3. The second-order valence-corrected chi connectivity index (χ2v) is 15.4. The molecule has 9 aromatic carbocycles. The van der Waals surface area contributed by atoms with Gasteiger partial charge in [0.25, 0.3) is 0 Å². The summed E-state index contributed by atoms with van der Waals surface area (Å²) in [6, 6.07) is 71.1. The molecular weight excluding hydrogens is 721 g/mol. The summed E-state index contributed by atoms with van der Waals surface area (Å²) < 4.78 is 17.5. The fourth-order valence-corrected chi connectivity index (χ4v) is 9.09. The maximum atomic E-state index is 6.46. The van der Waals surface area contributed by atoms with Crippen LogP contribution in [0, 0.1) is 6.92 Å². The van der Waals surface area contributed by atoms with Crippen LogP contribution in [-0.4, -0.2) is 9.13 Å². The van der Waals surface area contributed by atoms with Crippen LogP contribution in [-0.2, 0) is 0 Å². The summed E-state index contributed by atoms with van der Waals surface area (Å²) in [7, 11) is 0. The van der Waals surface area contributed by atoms with Gasteiger partial charge in [-0.25, -0.2) is 0 Å². The van der Waals surface area contributed by atoms with Crippen LogP contribution in [0.3, 0.4) is 0 Å². The van der Waals surface area contributed by atoms with Crippen LogP contribution in [0.15, 0.2) is 205 Å². The lowest BCUT2D eigenvalue weighted by Crippen LogP contribution is -1.96. The van der Waals surface area contributed by atoms with Gasteiger partial charge in [-0.05, 0) is 126 Å². The molecule has 278 valence electrons. The molecule has 0 fully saturated rings. The molecule has 0 radical (unpaired) electrons. The van der Waals surface area contributed by atoms with Gasteiger partial charge in [0, 0.05) is 43.7 Å². The summed E-state index contributed by atoms with van der Waals surface area (Å²) in [6.45, 7) is 2.11. The molecule has 0 spiro atoms. The third-order valence-electron chi connectivity index (χ3n) is 11.9. The van der Waals surface area contributed by atoms with E-state index in [-0.39, 0.29) is 0 Å². The highest BCUT2D eigenvalue weighted by molar-refractivity contribution is 6.11. The average molecular weight is 757 g/mol. The van der Waals surface area contributed by atoms with Gasteiger partial charge >= 0.3 is 0 Å². The number of furan rings is 1. The largest absolute Gasteiger partial charge is 0.457 e. The Balaban J connectivity index is 0.835. The zero-order valence-electron chi connectivity index (χ0n) is 32.3. The van der Waals surface area contributed by atoms with Gasteiger partial charge in [0.1, 0.15) is 22.7 Å². The second-order valence-electron chi connectivity index (χ2n) is 15.4. The predicted octanol–water partition coefficient (Wildman–Crippen LogP) is 15.2. The summed E-state index contributed by atoms with van der Waals surface area (Å²) >= 11 is 0. The van der Waals surface area contributed by atoms with Crippen molar-refractivity contribution in [1.29, 1.82) is 0 Å². The van der Waals surface area contributed by atoms with Crippen molar-refractivity contribution in [1.82, 2.24) is 9.13 Å². The van der Waals surface area contributed by atoms with E-state index in [0.29, 0.717) is 0 Å². The Morgan fingerprint density at radius 3 is 1.39 bits per heavy atom. The first-order chi connectivity index (χ1) is 29.1. The fourth-order valence-electron chi connectivity index (χ4n) is 9.09. The first-order valence-corrected chi connectivity index (χ1v) is 20.1. The lowest BCUT2D eigenvalue weighted by Gasteiger charge is -2.13. The molecule has 3 aromatic heterocycles. The summed E-state index contributed by atoms with van der Waals surface area (Å²) in [5.74, 6) is 1.64. The summed E-state index contributed by atoms with van der Waals surface area (Å²) in [5, 5.41) is 7.22. The van der Waals surface area contributed by atoms with Crippen LogP contribution >= 0.6 is 0 Å². The van der Waals surface area contributed by atoms with Crippen molar-refractivity contribution in [3.05, 3.63) is 206 Å². The van der Waals surface area contributed by atoms with E-state index in [2.05, 4.69) is 216 Å². The zero-order chi connectivity index (χ0) is 39.0. The van der Waals surface area contributed by atoms with Gasteiger partial charge < -0.3 is 18.3 Å². The number of ether oxygens (including phenoxy) is 1. The standard InChI is InChI=1S/C55H36N2O2/c1-35-31-40(56-49-17-6-2-13-43(49)44-14-3-7-18-50(44)56)24-29-53(35)58-42-26-21-36(22-27-42)37-11-10-12-38(32-37)39-23-28-54-47(33-39)48-34-41(25-30-55(48)59-54)57-51-19-8-4-15-45(51)46-16-5-9-20-52(46)57/h2-34H,1H3. The molecule has 0 atom stereocenters. The molecule has 0 bridgehead atoms. The van der Waals surface area contributed by atoms with Crippen LogP contribution in [0.25, 0.3) is 99.2 Å². The topological polar surface area (TPSA) is 32.2 Å². The van der Waals surface area contributed by atoms with Gasteiger partial charge in [0.05, 0.1) is 22.1 Å². The van der Waals surface area contributed by atoms with Crippen molar-refractivity contribution in [3.8, 4) is 45.1 Å². The normalized spacial score (nSPS) is 11.8. The highest BCUT2D eigenvalue weighted by Gasteiger charge is 2.16. The molecule has 0 saturated heterocycles. The molecular formula is C55H36N2O2. The van der Waals surface area contributed by atoms with E-state index in [9.17, 15) is 0 Å². The molecule has 0 N–H and O–H groups in total. The Hall–Kier alpha value is -7.82. The molecule has 0 saturated carbocycles. The minimum absolute atomic E-state index is 0.801. The molecule has 0 aliphatic rings. The van der Waals surface area contributed by atoms with Gasteiger partial charge in [0.15, 0.2) is 0 Å². The first-order valence-electron chi connectivity index (χ1n) is 20.1. The SMILES string of the molecule is Cc1cc(-n2c3ccccc3c3ccccc32)ccc1Oc1ccc(-c2cccc(-c3ccc4oc5ccc(-n6c7ccccc7c7ccccc76)cc5c4c3)c2)cc1. The molecule has 12 aromatic rings. The quantitative estimate of drug-likeness (QED) is 0.169. The molecule has 4 heteroatoms. The molecule has 4 nitrogen and oxygen atoms in total. The number of nitrogens with zero attached hydrogens (tertiary/aromatic N) is 2. The minimum atomic E-state index is 0.801. The van der Waals surface area contributed by atoms with Crippen molar-refractivity contribution in [2.45, 2.75) is 6.92 Å². The maximum Gasteiger partial charge on any atom is 0.135 e. The number of rotatable bonds is 6. The van der Waals surface area contributed by atoms with Gasteiger partial charge in [-0.1, -0.05) is 109 Å². The third-order valence-corrected chi connectivity index (χ3v) is 11.9. The second kappa shape index (κ2) is 13.1. The van der Waals surface area contributed by atoms with Crippen LogP contribution in [0.1, 0.15) is 5.56 Å². The number of hydrogen-bond donors (Lipinski definition) is 0. The van der Waals surface area contributed by atoms with Crippen molar-refractivity contribution in [2.75, 3.05) is 0 Å². The van der Waals surface area contributed by atoms with Crippen molar-refractivity contribution in [3.63, 3.8) is 0 Å². The minimum Gasteiger partial charge on any atom is -0.457 e. The molecule has 0 amide bonds. The Kier molecular flexibility index (Phi) is 7.41. The van der Waals surface area contributed by atoms with E-state index in [1.54, 1.807) is 0 Å². The lowest BCUT2D eigenvalue weighted by molar-refractivity contribution is 0.479. The van der Waals surface area contributed by atoms with Crippen LogP contribution in [0.2, 0.25) is 0 Å². The van der Waals surface area contributed by atoms with E-state index >= 15 is 0 Å². The fraction of sp³-hybridized carbons (Fsp3) is 0.0182. The number of aryl methyl sites for hydroxylation is 1. The van der Waals surface area contributed by atoms with E-state index in [0.717, 1.165) is 72.6 Å². The average Bonchev–Trinajstić information content (AvgIpc) is 3.95. The van der Waals surface area contributed by atoms with E-state index in [1.165, 1.54) is 43.6 Å². The molecule has 12 rings (SSSR count). The van der Waals surface area contributed by atoms with Gasteiger partial charge in [-0.15, -0.1) is 0 Å². The van der Waals surface area contributed by atoms with Crippen molar-refractivity contribution < 1.29 is 9.15 Å². The van der Waals surface area contributed by atoms with Crippen LogP contribution in [0.4, 0.5) is 0 Å². The number of para-hydroxylation sites is 4. The van der Waals surface area contributed by atoms with Crippen molar-refractivity contribution >= 4 is 65.6 Å². The molecule has 0 aliphatic carbocycles. The predicted molar refractivity (Wildman–Crippen MR) is 245 cm³/mol. The molecule has 59 heavy (non-hydrogen) atoms. The highest BCUT2D eigenvalue weighted by atomic mass is 16.5. The van der Waals surface area contributed by atoms with Gasteiger partial charge in [0.2, 0.25) is 0 Å². The smallest absolute Gasteiger partial charge is 0.135 e. The number of aromatic nitrogens is 2. The lowest BCUT2D eigenvalue weighted by atomic mass is 9.98. The Morgan fingerprint density at radius 1 is 0.356 bits per heavy atom. The Bertz CT molecular complexity index is 3500. The van der Waals surface area contributed by atoms with E-state index in [1.807, 2.05) is 0 Å². The van der Waals surface area contributed by atoms with Crippen LogP contribution in [0.5, 0.6) is 11.5 Å². The summed E-state index contributed by atoms with van der Waals surface area (Å²) in [4.78, 5) is 0. The highest BCUT2D eigenvalue weighted by Crippen LogP contribution is 2.39. The summed E-state index contributed by atoms with van der Waals surface area (Å²) in [5.41, 5.74) is 14.4. The van der Waals surface area contributed by atoms with E-state index in [4.69, 9.17) is 9.15 Å². The van der Waals surface area contributed by atoms with Crippen LogP contribution < -0.4 is 4.74 Å². The zero-order valence-corrected chi connectivity index (χ0v) is 32.3. The Labute approximate surface area is 340 Å². The maximum absolute atomic E-state index is 6.46. The molecule has 0 unspecified atom stereocenters. The van der Waals surface area contributed by atoms with Gasteiger partial charge in [-0.3, -0.25) is 0 Å². The molecule has 0 aliphatic heterocycles. The van der Waals surface area contributed by atoms with Crippen molar-refractivity contribution in [2.24, 2.45) is 0 Å². The third kappa shape index (κ3) is 5.38. The molecule has 3 heterocycles. The monoisotopic (exact) mass is 756 g/mol. The summed E-state index contributed by atoms with van der Waals surface area (Å²) in [6.07, 6.45) is 0. The number of hydrogen-bond acceptors (Lipinski definition) is 2. The van der Waals surface area contributed by atoms with E-state index < -0.39 is 0 Å². The van der Waals surface area contributed by atoms with Gasteiger partial charge in [-0.2, -0.15) is 0 Å². The number of fused-ring (bicyclic) bond motifs is 9. The Morgan fingerprint density at radius 2 is 0.814 bits per heavy atom.